The number of nitro benzene ring substituents is 1. The van der Waals surface area contributed by atoms with E-state index >= 15 is 0 Å². The van der Waals surface area contributed by atoms with Crippen LogP contribution < -0.4 is 10.1 Å². The Morgan fingerprint density at radius 3 is 2.57 bits per heavy atom. The van der Waals surface area contributed by atoms with Gasteiger partial charge >= 0.3 is 0 Å². The van der Waals surface area contributed by atoms with Gasteiger partial charge < -0.3 is 10.1 Å². The van der Waals surface area contributed by atoms with Gasteiger partial charge in [-0.2, -0.15) is 0 Å². The molecule has 0 bridgehead atoms. The van der Waals surface area contributed by atoms with Gasteiger partial charge in [0.2, 0.25) is 0 Å². The fourth-order valence-corrected chi connectivity index (χ4v) is 2.99. The Kier molecular flexibility index (Phi) is 5.58. The van der Waals surface area contributed by atoms with Gasteiger partial charge in [-0.05, 0) is 37.3 Å². The minimum atomic E-state index is -0.638. The van der Waals surface area contributed by atoms with Gasteiger partial charge in [0, 0.05) is 18.2 Å². The molecule has 0 aromatic heterocycles. The molecule has 1 aromatic carbocycles. The van der Waals surface area contributed by atoms with Crippen LogP contribution in [-0.4, -0.2) is 23.0 Å². The summed E-state index contributed by atoms with van der Waals surface area (Å²) >= 11 is 0. The maximum Gasteiger partial charge on any atom is 0.269 e. The Bertz CT molecular complexity index is 558. The van der Waals surface area contributed by atoms with Gasteiger partial charge in [0.05, 0.1) is 4.92 Å². The summed E-state index contributed by atoms with van der Waals surface area (Å²) in [5.41, 5.74) is -0.000488. The zero-order valence-electron chi connectivity index (χ0n) is 13.8. The zero-order chi connectivity index (χ0) is 17.0. The topological polar surface area (TPSA) is 81.5 Å². The monoisotopic (exact) mass is 320 g/mol. The molecule has 1 aromatic rings. The molecule has 0 aliphatic heterocycles. The van der Waals surface area contributed by atoms with Gasteiger partial charge in [0.1, 0.15) is 5.75 Å². The average Bonchev–Trinajstić information content (AvgIpc) is 2.52. The van der Waals surface area contributed by atoms with Crippen molar-refractivity contribution in [3.63, 3.8) is 0 Å². The quantitative estimate of drug-likeness (QED) is 0.666. The SMILES string of the molecule is C[C@@H]1[C@H](C)CCC[C@H]1NC(=O)[C@@H](C)Oc1ccc([N+](=O)[O-])cc1. The molecule has 23 heavy (non-hydrogen) atoms. The van der Waals surface area contributed by atoms with Crippen LogP contribution in [0.2, 0.25) is 0 Å². The summed E-state index contributed by atoms with van der Waals surface area (Å²) in [6.45, 7) is 6.09. The van der Waals surface area contributed by atoms with Crippen LogP contribution in [0.25, 0.3) is 0 Å². The third-order valence-electron chi connectivity index (χ3n) is 4.76. The molecule has 2 rings (SSSR count). The van der Waals surface area contributed by atoms with E-state index in [2.05, 4.69) is 19.2 Å². The molecule has 6 nitrogen and oxygen atoms in total. The number of benzene rings is 1. The predicted octanol–water partition coefficient (Wildman–Crippen LogP) is 3.30. The second kappa shape index (κ2) is 7.44. The van der Waals surface area contributed by atoms with Crippen molar-refractivity contribution in [3.8, 4) is 5.75 Å². The maximum absolute atomic E-state index is 12.3. The highest BCUT2D eigenvalue weighted by Gasteiger charge is 2.29. The van der Waals surface area contributed by atoms with Crippen LogP contribution in [0, 0.1) is 22.0 Å². The maximum atomic E-state index is 12.3. The lowest BCUT2D eigenvalue weighted by Gasteiger charge is -2.35. The van der Waals surface area contributed by atoms with Crippen LogP contribution in [0.1, 0.15) is 40.0 Å². The summed E-state index contributed by atoms with van der Waals surface area (Å²) in [4.78, 5) is 22.5. The number of non-ortho nitro benzene ring substituents is 1. The van der Waals surface area contributed by atoms with E-state index in [1.165, 1.54) is 30.7 Å². The number of hydrogen-bond acceptors (Lipinski definition) is 4. The summed E-state index contributed by atoms with van der Waals surface area (Å²) in [6, 6.07) is 5.94. The minimum Gasteiger partial charge on any atom is -0.481 e. The number of nitrogens with one attached hydrogen (secondary N) is 1. The molecule has 1 aliphatic carbocycles. The predicted molar refractivity (Wildman–Crippen MR) is 87.3 cm³/mol. The molecule has 6 heteroatoms. The van der Waals surface area contributed by atoms with Crippen molar-refractivity contribution in [2.75, 3.05) is 0 Å². The molecule has 1 fully saturated rings. The van der Waals surface area contributed by atoms with Gasteiger partial charge in [0.25, 0.3) is 11.6 Å². The second-order valence-corrected chi connectivity index (χ2v) is 6.39. The number of hydrogen-bond donors (Lipinski definition) is 1. The number of carbonyl (C=O) groups is 1. The van der Waals surface area contributed by atoms with E-state index in [0.29, 0.717) is 17.6 Å². The number of nitro groups is 1. The summed E-state index contributed by atoms with van der Waals surface area (Å²) in [5, 5.41) is 13.7. The third kappa shape index (κ3) is 4.43. The Morgan fingerprint density at radius 2 is 1.96 bits per heavy atom. The van der Waals surface area contributed by atoms with Gasteiger partial charge in [0.15, 0.2) is 6.10 Å². The first-order valence-corrected chi connectivity index (χ1v) is 8.10. The first-order chi connectivity index (χ1) is 10.9. The largest absolute Gasteiger partial charge is 0.481 e. The van der Waals surface area contributed by atoms with Crippen molar-refractivity contribution in [3.05, 3.63) is 34.4 Å². The first-order valence-electron chi connectivity index (χ1n) is 8.10. The molecule has 1 aliphatic rings. The van der Waals surface area contributed by atoms with Gasteiger partial charge in [-0.1, -0.05) is 26.7 Å². The van der Waals surface area contributed by atoms with Crippen molar-refractivity contribution in [2.24, 2.45) is 11.8 Å². The van der Waals surface area contributed by atoms with Crippen LogP contribution in [0.4, 0.5) is 5.69 Å². The number of ether oxygens (including phenoxy) is 1. The fourth-order valence-electron chi connectivity index (χ4n) is 2.99. The average molecular weight is 320 g/mol. The van der Waals surface area contributed by atoms with E-state index in [4.69, 9.17) is 4.74 Å². The second-order valence-electron chi connectivity index (χ2n) is 6.39. The highest BCUT2D eigenvalue weighted by Crippen LogP contribution is 2.29. The zero-order valence-corrected chi connectivity index (χ0v) is 13.8. The van der Waals surface area contributed by atoms with Crippen molar-refractivity contribution in [1.29, 1.82) is 0 Å². The number of nitrogens with zero attached hydrogens (tertiary/aromatic N) is 1. The van der Waals surface area contributed by atoms with Crippen LogP contribution in [0.15, 0.2) is 24.3 Å². The minimum absolute atomic E-state index is 0.000488. The fraction of sp³-hybridized carbons (Fsp3) is 0.588. The van der Waals surface area contributed by atoms with Crippen LogP contribution in [-0.2, 0) is 4.79 Å². The first kappa shape index (κ1) is 17.2. The van der Waals surface area contributed by atoms with E-state index in [0.717, 1.165) is 12.8 Å². The van der Waals surface area contributed by atoms with Crippen molar-refractivity contribution in [1.82, 2.24) is 5.32 Å². The standard InChI is InChI=1S/C17H24N2O4/c1-11-5-4-6-16(12(11)2)18-17(20)13(3)23-15-9-7-14(8-10-15)19(21)22/h7-13,16H,4-6H2,1-3H3,(H,18,20)/t11-,12-,13-,16-/m1/s1. The van der Waals surface area contributed by atoms with Crippen LogP contribution >= 0.6 is 0 Å². The highest BCUT2D eigenvalue weighted by molar-refractivity contribution is 5.81. The number of carbonyl (C=O) groups excluding carboxylic acids is 1. The molecule has 1 saturated carbocycles. The van der Waals surface area contributed by atoms with Crippen LogP contribution in [0.5, 0.6) is 5.75 Å². The van der Waals surface area contributed by atoms with E-state index < -0.39 is 11.0 Å². The van der Waals surface area contributed by atoms with Crippen molar-refractivity contribution in [2.45, 2.75) is 52.2 Å². The molecule has 0 radical (unpaired) electrons. The van der Waals surface area contributed by atoms with E-state index in [1.54, 1.807) is 6.92 Å². The Labute approximate surface area is 136 Å². The highest BCUT2D eigenvalue weighted by atomic mass is 16.6. The Balaban J connectivity index is 1.90. The lowest BCUT2D eigenvalue weighted by atomic mass is 9.78. The number of rotatable bonds is 5. The van der Waals surface area contributed by atoms with Crippen molar-refractivity contribution < 1.29 is 14.5 Å². The Hall–Kier alpha value is -2.11. The molecular formula is C17H24N2O4. The molecule has 0 spiro atoms. The van der Waals surface area contributed by atoms with Gasteiger partial charge in [-0.15, -0.1) is 0 Å². The third-order valence-corrected chi connectivity index (χ3v) is 4.76. The van der Waals surface area contributed by atoms with E-state index in [-0.39, 0.29) is 17.6 Å². The Morgan fingerprint density at radius 1 is 1.30 bits per heavy atom. The number of amides is 1. The lowest BCUT2D eigenvalue weighted by molar-refractivity contribution is -0.384. The summed E-state index contributed by atoms with van der Waals surface area (Å²) in [6.07, 6.45) is 2.71. The van der Waals surface area contributed by atoms with E-state index in [9.17, 15) is 14.9 Å². The summed E-state index contributed by atoms with van der Waals surface area (Å²) in [5.74, 6) is 1.37. The van der Waals surface area contributed by atoms with Crippen molar-refractivity contribution >= 4 is 11.6 Å². The van der Waals surface area contributed by atoms with Gasteiger partial charge in [-0.3, -0.25) is 14.9 Å². The van der Waals surface area contributed by atoms with Crippen LogP contribution in [0.3, 0.4) is 0 Å². The molecule has 1 amide bonds. The molecular weight excluding hydrogens is 296 g/mol. The molecule has 0 heterocycles. The molecule has 0 saturated heterocycles. The molecule has 126 valence electrons. The molecule has 0 unspecified atom stereocenters. The summed E-state index contributed by atoms with van der Waals surface area (Å²) < 4.78 is 5.58. The molecule has 4 atom stereocenters. The summed E-state index contributed by atoms with van der Waals surface area (Å²) in [7, 11) is 0. The van der Waals surface area contributed by atoms with Gasteiger partial charge in [-0.25, -0.2) is 0 Å². The lowest BCUT2D eigenvalue weighted by Crippen LogP contribution is -2.48. The normalized spacial score (nSPS) is 25.4. The van der Waals surface area contributed by atoms with E-state index in [1.807, 2.05) is 0 Å². The smallest absolute Gasteiger partial charge is 0.269 e. The molecule has 1 N–H and O–H groups in total.